The molecule has 2 aromatic carbocycles. The molecule has 0 amide bonds. The minimum absolute atomic E-state index is 1.03. The summed E-state index contributed by atoms with van der Waals surface area (Å²) in [5, 5.41) is 3.97. The maximum atomic E-state index is 3.97. The zero-order valence-corrected chi connectivity index (χ0v) is 9.78. The van der Waals surface area contributed by atoms with Crippen LogP contribution in [0.3, 0.4) is 0 Å². The van der Waals surface area contributed by atoms with Crippen molar-refractivity contribution < 1.29 is 16.0 Å². The van der Waals surface area contributed by atoms with Gasteiger partial charge in [-0.3, -0.25) is 0 Å². The fourth-order valence-corrected chi connectivity index (χ4v) is 1.22. The summed E-state index contributed by atoms with van der Waals surface area (Å²) < 4.78 is 1.13. The molecule has 0 aliphatic carbocycles. The molecule has 0 aliphatic heterocycles. The first kappa shape index (κ1) is 11.8. The fourth-order valence-electron chi connectivity index (χ4n) is 0.992. The van der Waals surface area contributed by atoms with Crippen molar-refractivity contribution >= 4 is 10.1 Å². The first-order valence-electron chi connectivity index (χ1n) is 4.68. The van der Waals surface area contributed by atoms with Gasteiger partial charge in [0.15, 0.2) is 0 Å². The van der Waals surface area contributed by atoms with E-state index in [4.69, 9.17) is 0 Å². The van der Waals surface area contributed by atoms with E-state index in [0.29, 0.717) is 0 Å². The summed E-state index contributed by atoms with van der Waals surface area (Å²) in [6, 6.07) is 19.8. The standard InChI is InChI=1S/C7H8N.C6H5.Mn/c1-8-7-5-3-2-4-6-7;1-2-4-6-5-3-1;/h2-6H,1H3;1-5H;/q-1;;+1. The van der Waals surface area contributed by atoms with E-state index in [2.05, 4.69) is 21.3 Å². The Bertz CT molecular complexity index is 359. The van der Waals surface area contributed by atoms with E-state index < -0.39 is 0 Å². The van der Waals surface area contributed by atoms with Crippen LogP contribution in [0, 0.1) is 0 Å². The zero-order chi connectivity index (χ0) is 10.9. The molecule has 2 heteroatoms. The second-order valence-corrected chi connectivity index (χ2v) is 3.54. The van der Waals surface area contributed by atoms with Gasteiger partial charge in [-0.25, -0.2) is 0 Å². The number of para-hydroxylation sites is 1. The van der Waals surface area contributed by atoms with E-state index in [-0.39, 0.29) is 0 Å². The first-order chi connectivity index (χ1) is 7.33. The molecule has 2 rings (SSSR count). The van der Waals surface area contributed by atoms with Crippen LogP contribution in [0.1, 0.15) is 0 Å². The van der Waals surface area contributed by atoms with Crippen molar-refractivity contribution in [3.63, 3.8) is 0 Å². The van der Waals surface area contributed by atoms with Gasteiger partial charge >= 0.3 is 50.8 Å². The van der Waals surface area contributed by atoms with E-state index in [9.17, 15) is 0 Å². The second kappa shape index (κ2) is 7.10. The van der Waals surface area contributed by atoms with Crippen LogP contribution in [0.2, 0.25) is 0 Å². The van der Waals surface area contributed by atoms with Crippen molar-refractivity contribution in [2.24, 2.45) is 0 Å². The summed E-state index contributed by atoms with van der Waals surface area (Å²) in [7, 11) is 1.79. The quantitative estimate of drug-likeness (QED) is 0.677. The monoisotopic (exact) mass is 238 g/mol. The van der Waals surface area contributed by atoms with Crippen LogP contribution >= 0.6 is 0 Å². The summed E-state index contributed by atoms with van der Waals surface area (Å²) in [5.41, 5.74) is 1.03. The molecule has 15 heavy (non-hydrogen) atoms. The molecule has 0 spiro atoms. The molecule has 0 N–H and O–H groups in total. The average Bonchev–Trinajstić information content (AvgIpc) is 2.32. The van der Waals surface area contributed by atoms with E-state index >= 15 is 0 Å². The molecule has 0 saturated carbocycles. The third kappa shape index (κ3) is 5.26. The number of hydrogen-bond acceptors (Lipinski definition) is 0. The van der Waals surface area contributed by atoms with Crippen molar-refractivity contribution in [1.82, 2.24) is 0 Å². The Labute approximate surface area is 99.3 Å². The summed E-state index contributed by atoms with van der Waals surface area (Å²) in [6.45, 7) is 0. The molecule has 0 bridgehead atoms. The van der Waals surface area contributed by atoms with Gasteiger partial charge in [0.05, 0.1) is 0 Å². The number of rotatable bonds is 1. The molecular weight excluding hydrogens is 225 g/mol. The van der Waals surface area contributed by atoms with Crippen LogP contribution in [0.4, 0.5) is 5.69 Å². The van der Waals surface area contributed by atoms with Crippen molar-refractivity contribution in [1.29, 1.82) is 0 Å². The van der Waals surface area contributed by atoms with E-state index in [1.54, 1.807) is 7.05 Å². The van der Waals surface area contributed by atoms with Crippen LogP contribution in [0.5, 0.6) is 0 Å². The predicted molar refractivity (Wildman–Crippen MR) is 61.5 cm³/mol. The summed E-state index contributed by atoms with van der Waals surface area (Å²) in [6.07, 6.45) is 0. The van der Waals surface area contributed by atoms with Gasteiger partial charge < -0.3 is 5.32 Å². The summed E-state index contributed by atoms with van der Waals surface area (Å²) in [4.78, 5) is 0. The van der Waals surface area contributed by atoms with E-state index in [0.717, 1.165) is 10.1 Å². The van der Waals surface area contributed by atoms with Gasteiger partial charge in [-0.15, -0.1) is 12.7 Å². The molecule has 0 aliphatic rings. The van der Waals surface area contributed by atoms with Crippen molar-refractivity contribution in [3.8, 4) is 0 Å². The van der Waals surface area contributed by atoms with Gasteiger partial charge in [-0.1, -0.05) is 30.3 Å². The average molecular weight is 238 g/mol. The van der Waals surface area contributed by atoms with Gasteiger partial charge in [0, 0.05) is 0 Å². The van der Waals surface area contributed by atoms with Gasteiger partial charge in [0.25, 0.3) is 0 Å². The molecule has 2 aromatic rings. The van der Waals surface area contributed by atoms with E-state index in [1.807, 2.05) is 60.7 Å². The van der Waals surface area contributed by atoms with Crippen molar-refractivity contribution in [3.05, 3.63) is 66.0 Å². The van der Waals surface area contributed by atoms with Gasteiger partial charge in [-0.2, -0.15) is 0 Å². The van der Waals surface area contributed by atoms with Crippen LogP contribution in [-0.4, -0.2) is 7.05 Å². The van der Waals surface area contributed by atoms with E-state index in [1.165, 1.54) is 0 Å². The number of benzene rings is 2. The van der Waals surface area contributed by atoms with Crippen LogP contribution in [0.25, 0.3) is 5.32 Å². The molecule has 0 atom stereocenters. The Balaban J connectivity index is 0.000000151. The Morgan fingerprint density at radius 3 is 1.53 bits per heavy atom. The number of hydrogen-bond donors (Lipinski definition) is 0. The Morgan fingerprint density at radius 2 is 1.27 bits per heavy atom. The molecule has 0 fully saturated rings. The third-order valence-electron chi connectivity index (χ3n) is 1.75. The Hall–Kier alpha value is -1.24. The molecule has 0 heterocycles. The molecule has 0 radical (unpaired) electrons. The molecule has 1 nitrogen and oxygen atoms in total. The molecule has 0 unspecified atom stereocenters. The summed E-state index contributed by atoms with van der Waals surface area (Å²) >= 11 is 3.31. The summed E-state index contributed by atoms with van der Waals surface area (Å²) in [5.74, 6) is 0. The van der Waals surface area contributed by atoms with Gasteiger partial charge in [0.1, 0.15) is 0 Å². The zero-order valence-electron chi connectivity index (χ0n) is 8.60. The second-order valence-electron chi connectivity index (χ2n) is 2.85. The van der Waals surface area contributed by atoms with Crippen molar-refractivity contribution in [2.75, 3.05) is 7.05 Å². The van der Waals surface area contributed by atoms with Crippen LogP contribution in [-0.2, 0) is 16.0 Å². The molecule has 77 valence electrons. The van der Waals surface area contributed by atoms with Gasteiger partial charge in [0.2, 0.25) is 0 Å². The Kier molecular flexibility index (Phi) is 5.60. The van der Waals surface area contributed by atoms with Crippen molar-refractivity contribution in [2.45, 2.75) is 0 Å². The molecule has 0 aromatic heterocycles. The Morgan fingerprint density at radius 1 is 0.800 bits per heavy atom. The van der Waals surface area contributed by atoms with Gasteiger partial charge in [-0.05, 0) is 0 Å². The predicted octanol–water partition coefficient (Wildman–Crippen LogP) is 3.18. The molecular formula is C13H13MnN. The first-order valence-corrected chi connectivity index (χ1v) is 5.27. The molecule has 0 saturated heterocycles. The minimum atomic E-state index is 1.03. The maximum absolute atomic E-state index is 3.97. The van der Waals surface area contributed by atoms with Crippen LogP contribution < -0.4 is 4.46 Å². The third-order valence-corrected chi connectivity index (χ3v) is 2.14. The van der Waals surface area contributed by atoms with Crippen LogP contribution in [0.15, 0.2) is 60.7 Å². The SMILES string of the molecule is C[N-]c1ccccc1.[Mn+][c]1ccccc1. The normalized spacial score (nSPS) is 8.60. The topological polar surface area (TPSA) is 14.1 Å². The fraction of sp³-hybridized carbons (Fsp3) is 0.0769. The number of nitrogens with zero attached hydrogens (tertiary/aromatic N) is 1.